The second kappa shape index (κ2) is 4.81. The first-order chi connectivity index (χ1) is 9.30. The third-order valence-electron chi connectivity index (χ3n) is 4.05. The predicted molar refractivity (Wildman–Crippen MR) is 74.8 cm³/mol. The van der Waals surface area contributed by atoms with Crippen LogP contribution in [0.5, 0.6) is 0 Å². The first-order valence-corrected chi connectivity index (χ1v) is 6.70. The van der Waals surface area contributed by atoms with Crippen molar-refractivity contribution in [2.45, 2.75) is 26.7 Å². The molecule has 4 N–H and O–H groups in total. The summed E-state index contributed by atoms with van der Waals surface area (Å²) >= 11 is 0. The summed E-state index contributed by atoms with van der Waals surface area (Å²) in [5, 5.41) is 4.25. The number of hydrogen-bond acceptors (Lipinski definition) is 4. The molecule has 0 radical (unpaired) electrons. The highest BCUT2D eigenvalue weighted by Gasteiger charge is 2.41. The van der Waals surface area contributed by atoms with E-state index in [1.807, 2.05) is 6.92 Å². The van der Waals surface area contributed by atoms with Crippen molar-refractivity contribution in [1.82, 2.24) is 14.7 Å². The molecule has 1 aliphatic rings. The molecular formula is C13H21N5O2. The highest BCUT2D eigenvalue weighted by atomic mass is 16.2. The maximum Gasteiger partial charge on any atom is 0.274 e. The quantitative estimate of drug-likeness (QED) is 0.805. The van der Waals surface area contributed by atoms with Crippen LogP contribution in [0.25, 0.3) is 0 Å². The van der Waals surface area contributed by atoms with Crippen molar-refractivity contribution in [2.75, 3.05) is 18.8 Å². The standard InChI is InChI=1S/C13H21N5O2/c1-4-8-9(14)10(17(3)16-8)11(19)18-6-5-13(2,7-18)12(15)20/h4-7,14H2,1-3H3,(H2,15,20). The van der Waals surface area contributed by atoms with Crippen LogP contribution >= 0.6 is 0 Å². The number of anilines is 1. The largest absolute Gasteiger partial charge is 0.395 e. The molecule has 0 aromatic carbocycles. The van der Waals surface area contributed by atoms with Gasteiger partial charge in [0.05, 0.1) is 16.8 Å². The van der Waals surface area contributed by atoms with E-state index in [2.05, 4.69) is 5.10 Å². The van der Waals surface area contributed by atoms with Gasteiger partial charge in [-0.2, -0.15) is 5.10 Å². The molecule has 1 saturated heterocycles. The Hall–Kier alpha value is -2.05. The van der Waals surface area contributed by atoms with E-state index in [1.165, 1.54) is 4.68 Å². The van der Waals surface area contributed by atoms with E-state index >= 15 is 0 Å². The van der Waals surface area contributed by atoms with E-state index in [4.69, 9.17) is 11.5 Å². The number of nitrogen functional groups attached to an aromatic ring is 1. The number of nitrogens with two attached hydrogens (primary N) is 2. The summed E-state index contributed by atoms with van der Waals surface area (Å²) in [5.74, 6) is -0.567. The Morgan fingerprint density at radius 3 is 2.55 bits per heavy atom. The fourth-order valence-electron chi connectivity index (χ4n) is 2.60. The number of aromatic nitrogens is 2. The monoisotopic (exact) mass is 279 g/mol. The lowest BCUT2D eigenvalue weighted by Gasteiger charge is -2.21. The molecule has 0 aliphatic carbocycles. The van der Waals surface area contributed by atoms with E-state index in [-0.39, 0.29) is 11.8 Å². The average Bonchev–Trinajstić information content (AvgIpc) is 2.91. The van der Waals surface area contributed by atoms with Crippen LogP contribution in [0.4, 0.5) is 5.69 Å². The molecule has 7 heteroatoms. The molecule has 7 nitrogen and oxygen atoms in total. The van der Waals surface area contributed by atoms with Gasteiger partial charge in [0.1, 0.15) is 5.69 Å². The number of likely N-dealkylation sites (tertiary alicyclic amines) is 1. The number of aryl methyl sites for hydroxylation is 2. The number of nitrogens with zero attached hydrogens (tertiary/aromatic N) is 3. The van der Waals surface area contributed by atoms with Crippen LogP contribution in [0.1, 0.15) is 36.5 Å². The van der Waals surface area contributed by atoms with Crippen molar-refractivity contribution in [3.63, 3.8) is 0 Å². The van der Waals surface area contributed by atoms with Crippen molar-refractivity contribution in [3.8, 4) is 0 Å². The minimum Gasteiger partial charge on any atom is -0.395 e. The third kappa shape index (κ3) is 2.13. The SMILES string of the molecule is CCc1nn(C)c(C(=O)N2CCC(C)(C(N)=O)C2)c1N. The van der Waals surface area contributed by atoms with E-state index in [0.717, 1.165) is 0 Å². The van der Waals surface area contributed by atoms with Crippen LogP contribution in [0.2, 0.25) is 0 Å². The summed E-state index contributed by atoms with van der Waals surface area (Å²) in [5.41, 5.74) is 12.3. The molecule has 1 aliphatic heterocycles. The van der Waals surface area contributed by atoms with Crippen LogP contribution in [-0.2, 0) is 18.3 Å². The number of carbonyl (C=O) groups excluding carboxylic acids is 2. The van der Waals surface area contributed by atoms with Crippen molar-refractivity contribution in [2.24, 2.45) is 18.2 Å². The number of amides is 2. The van der Waals surface area contributed by atoms with E-state index < -0.39 is 5.41 Å². The van der Waals surface area contributed by atoms with Crippen LogP contribution in [0.15, 0.2) is 0 Å². The first-order valence-electron chi connectivity index (χ1n) is 6.70. The van der Waals surface area contributed by atoms with E-state index in [0.29, 0.717) is 43.0 Å². The lowest BCUT2D eigenvalue weighted by molar-refractivity contribution is -0.126. The topological polar surface area (TPSA) is 107 Å². The van der Waals surface area contributed by atoms with Crippen LogP contribution in [-0.4, -0.2) is 39.6 Å². The molecule has 2 rings (SSSR count). The normalized spacial score (nSPS) is 22.2. The Morgan fingerprint density at radius 1 is 1.45 bits per heavy atom. The van der Waals surface area contributed by atoms with Crippen molar-refractivity contribution < 1.29 is 9.59 Å². The Labute approximate surface area is 117 Å². The van der Waals surface area contributed by atoms with Gasteiger partial charge < -0.3 is 16.4 Å². The van der Waals surface area contributed by atoms with Gasteiger partial charge in [0, 0.05) is 20.1 Å². The molecule has 2 heterocycles. The van der Waals surface area contributed by atoms with Gasteiger partial charge in [0.2, 0.25) is 5.91 Å². The molecule has 1 aromatic rings. The summed E-state index contributed by atoms with van der Waals surface area (Å²) in [6, 6.07) is 0. The zero-order valence-electron chi connectivity index (χ0n) is 12.1. The maximum absolute atomic E-state index is 12.6. The second-order valence-corrected chi connectivity index (χ2v) is 5.59. The molecule has 0 saturated carbocycles. The second-order valence-electron chi connectivity index (χ2n) is 5.59. The van der Waals surface area contributed by atoms with Gasteiger partial charge >= 0.3 is 0 Å². The van der Waals surface area contributed by atoms with Gasteiger partial charge in [-0.05, 0) is 19.8 Å². The van der Waals surface area contributed by atoms with Gasteiger partial charge in [0.15, 0.2) is 0 Å². The van der Waals surface area contributed by atoms with Crippen molar-refractivity contribution in [3.05, 3.63) is 11.4 Å². The Morgan fingerprint density at radius 2 is 2.10 bits per heavy atom. The molecule has 1 atom stereocenters. The summed E-state index contributed by atoms with van der Waals surface area (Å²) < 4.78 is 1.51. The van der Waals surface area contributed by atoms with Crippen LogP contribution < -0.4 is 11.5 Å². The molecule has 0 spiro atoms. The minimum atomic E-state index is -0.656. The summed E-state index contributed by atoms with van der Waals surface area (Å²) in [7, 11) is 1.70. The molecule has 1 unspecified atom stereocenters. The zero-order chi connectivity index (χ0) is 15.1. The average molecular weight is 279 g/mol. The molecule has 1 aromatic heterocycles. The Bertz CT molecular complexity index is 565. The van der Waals surface area contributed by atoms with Crippen molar-refractivity contribution in [1.29, 1.82) is 0 Å². The number of hydrogen-bond donors (Lipinski definition) is 2. The fourth-order valence-corrected chi connectivity index (χ4v) is 2.60. The number of carbonyl (C=O) groups is 2. The summed E-state index contributed by atoms with van der Waals surface area (Å²) in [6.45, 7) is 4.55. The van der Waals surface area contributed by atoms with Crippen molar-refractivity contribution >= 4 is 17.5 Å². The molecular weight excluding hydrogens is 258 g/mol. The van der Waals surface area contributed by atoms with Gasteiger partial charge in [-0.1, -0.05) is 6.92 Å². The summed E-state index contributed by atoms with van der Waals surface area (Å²) in [6.07, 6.45) is 1.25. The minimum absolute atomic E-state index is 0.192. The van der Waals surface area contributed by atoms with Crippen LogP contribution in [0, 0.1) is 5.41 Å². The fraction of sp³-hybridized carbons (Fsp3) is 0.615. The number of rotatable bonds is 3. The summed E-state index contributed by atoms with van der Waals surface area (Å²) in [4.78, 5) is 25.6. The Balaban J connectivity index is 2.26. The van der Waals surface area contributed by atoms with Gasteiger partial charge in [-0.15, -0.1) is 0 Å². The highest BCUT2D eigenvalue weighted by Crippen LogP contribution is 2.31. The van der Waals surface area contributed by atoms with Gasteiger partial charge in [-0.25, -0.2) is 0 Å². The molecule has 110 valence electrons. The number of primary amides is 1. The van der Waals surface area contributed by atoms with Gasteiger partial charge in [0.25, 0.3) is 5.91 Å². The van der Waals surface area contributed by atoms with Gasteiger partial charge in [-0.3, -0.25) is 14.3 Å². The lowest BCUT2D eigenvalue weighted by Crippen LogP contribution is -2.39. The first kappa shape index (κ1) is 14.4. The third-order valence-corrected chi connectivity index (χ3v) is 4.05. The predicted octanol–water partition coefficient (Wildman–Crippen LogP) is -0.0978. The highest BCUT2D eigenvalue weighted by molar-refractivity contribution is 5.98. The molecule has 20 heavy (non-hydrogen) atoms. The maximum atomic E-state index is 12.6. The Kier molecular flexibility index (Phi) is 3.45. The molecule has 0 bridgehead atoms. The van der Waals surface area contributed by atoms with Crippen LogP contribution in [0.3, 0.4) is 0 Å². The van der Waals surface area contributed by atoms with E-state index in [9.17, 15) is 9.59 Å². The smallest absolute Gasteiger partial charge is 0.274 e. The molecule has 1 fully saturated rings. The van der Waals surface area contributed by atoms with E-state index in [1.54, 1.807) is 18.9 Å². The zero-order valence-corrected chi connectivity index (χ0v) is 12.1. The molecule has 2 amide bonds. The lowest BCUT2D eigenvalue weighted by atomic mass is 9.89.